The molecule has 11 heavy (non-hydrogen) atoms. The average molecular weight is 176 g/mol. The number of ether oxygens (including phenoxy) is 1. The SMILES string of the molecule is CCCOCC(=O)CCSC. The second-order valence-electron chi connectivity index (χ2n) is 2.33. The van der Waals surface area contributed by atoms with Gasteiger partial charge in [0.1, 0.15) is 6.61 Å². The maximum Gasteiger partial charge on any atom is 0.159 e. The summed E-state index contributed by atoms with van der Waals surface area (Å²) in [6.07, 6.45) is 3.63. The summed E-state index contributed by atoms with van der Waals surface area (Å²) < 4.78 is 5.08. The average Bonchev–Trinajstić information content (AvgIpc) is 2.01. The summed E-state index contributed by atoms with van der Waals surface area (Å²) >= 11 is 1.69. The van der Waals surface area contributed by atoms with Crippen LogP contribution in [0.4, 0.5) is 0 Å². The molecule has 2 nitrogen and oxygen atoms in total. The van der Waals surface area contributed by atoms with Gasteiger partial charge >= 0.3 is 0 Å². The van der Waals surface area contributed by atoms with Crippen LogP contribution in [0.5, 0.6) is 0 Å². The molecule has 0 aliphatic rings. The lowest BCUT2D eigenvalue weighted by Gasteiger charge is -2.00. The first-order chi connectivity index (χ1) is 5.31. The van der Waals surface area contributed by atoms with Gasteiger partial charge in [-0.1, -0.05) is 6.92 Å². The van der Waals surface area contributed by atoms with Crippen molar-refractivity contribution in [3.05, 3.63) is 0 Å². The van der Waals surface area contributed by atoms with Crippen molar-refractivity contribution in [1.82, 2.24) is 0 Å². The molecule has 0 atom stereocenters. The van der Waals surface area contributed by atoms with E-state index in [1.54, 1.807) is 11.8 Å². The van der Waals surface area contributed by atoms with E-state index in [1.807, 2.05) is 13.2 Å². The molecule has 0 aromatic rings. The number of hydrogen-bond acceptors (Lipinski definition) is 3. The number of carbonyl (C=O) groups is 1. The number of rotatable bonds is 7. The molecule has 3 heteroatoms. The molecule has 0 heterocycles. The predicted octanol–water partition coefficient (Wildman–Crippen LogP) is 1.74. The van der Waals surface area contributed by atoms with Crippen LogP contribution < -0.4 is 0 Å². The van der Waals surface area contributed by atoms with Gasteiger partial charge < -0.3 is 4.74 Å². The minimum atomic E-state index is 0.216. The normalized spacial score (nSPS) is 10.0. The van der Waals surface area contributed by atoms with Gasteiger partial charge in [0.05, 0.1) is 0 Å². The van der Waals surface area contributed by atoms with Crippen molar-refractivity contribution < 1.29 is 9.53 Å². The number of carbonyl (C=O) groups excluding carboxylic acids is 1. The summed E-state index contributed by atoms with van der Waals surface area (Å²) in [5, 5.41) is 0. The lowest BCUT2D eigenvalue weighted by Crippen LogP contribution is -2.09. The van der Waals surface area contributed by atoms with Crippen LogP contribution in [0.1, 0.15) is 19.8 Å². The molecule has 0 radical (unpaired) electrons. The van der Waals surface area contributed by atoms with Gasteiger partial charge in [-0.25, -0.2) is 0 Å². The molecule has 0 amide bonds. The molecule has 0 rings (SSSR count). The molecule has 0 aliphatic carbocycles. The van der Waals surface area contributed by atoms with Crippen LogP contribution in [-0.4, -0.2) is 31.0 Å². The van der Waals surface area contributed by atoms with Crippen LogP contribution in [0, 0.1) is 0 Å². The summed E-state index contributed by atoms with van der Waals surface area (Å²) in [4.78, 5) is 10.9. The van der Waals surface area contributed by atoms with E-state index >= 15 is 0 Å². The Labute approximate surface area is 72.7 Å². The fourth-order valence-electron chi connectivity index (χ4n) is 0.618. The molecule has 0 N–H and O–H groups in total. The Morgan fingerprint density at radius 2 is 2.27 bits per heavy atom. The summed E-state index contributed by atoms with van der Waals surface area (Å²) in [5.74, 6) is 1.13. The highest BCUT2D eigenvalue weighted by Gasteiger charge is 1.99. The molecule has 0 aromatic carbocycles. The van der Waals surface area contributed by atoms with E-state index < -0.39 is 0 Å². The fraction of sp³-hybridized carbons (Fsp3) is 0.875. The second-order valence-corrected chi connectivity index (χ2v) is 3.32. The van der Waals surface area contributed by atoms with Crippen molar-refractivity contribution in [1.29, 1.82) is 0 Å². The van der Waals surface area contributed by atoms with Gasteiger partial charge in [-0.15, -0.1) is 0 Å². The van der Waals surface area contributed by atoms with Gasteiger partial charge in [0.15, 0.2) is 5.78 Å². The zero-order chi connectivity index (χ0) is 8.53. The van der Waals surface area contributed by atoms with Gasteiger partial charge in [0, 0.05) is 13.0 Å². The van der Waals surface area contributed by atoms with E-state index in [9.17, 15) is 4.79 Å². The first kappa shape index (κ1) is 11.0. The van der Waals surface area contributed by atoms with E-state index in [2.05, 4.69) is 0 Å². The molecule has 0 unspecified atom stereocenters. The molecular formula is C8H16O2S. The van der Waals surface area contributed by atoms with Gasteiger partial charge in [-0.2, -0.15) is 11.8 Å². The Balaban J connectivity index is 3.09. The smallest absolute Gasteiger partial charge is 0.159 e. The van der Waals surface area contributed by atoms with Crippen molar-refractivity contribution in [2.24, 2.45) is 0 Å². The van der Waals surface area contributed by atoms with E-state index in [-0.39, 0.29) is 5.78 Å². The van der Waals surface area contributed by atoms with Gasteiger partial charge in [-0.05, 0) is 18.4 Å². The van der Waals surface area contributed by atoms with Crippen LogP contribution in [0.15, 0.2) is 0 Å². The summed E-state index contributed by atoms with van der Waals surface area (Å²) in [5.41, 5.74) is 0. The highest BCUT2D eigenvalue weighted by molar-refractivity contribution is 7.98. The Hall–Kier alpha value is -0.0200. The molecule has 0 spiro atoms. The third-order valence-corrected chi connectivity index (χ3v) is 1.81. The van der Waals surface area contributed by atoms with Gasteiger partial charge in [0.2, 0.25) is 0 Å². The largest absolute Gasteiger partial charge is 0.374 e. The maximum absolute atomic E-state index is 10.9. The zero-order valence-electron chi connectivity index (χ0n) is 7.26. The third-order valence-electron chi connectivity index (χ3n) is 1.20. The Kier molecular flexibility index (Phi) is 8.07. The minimum Gasteiger partial charge on any atom is -0.374 e. The monoisotopic (exact) mass is 176 g/mol. The Bertz CT molecular complexity index is 104. The standard InChI is InChI=1S/C8H16O2S/c1-3-5-10-7-8(9)4-6-11-2/h3-7H2,1-2H3. The summed E-state index contributed by atoms with van der Waals surface area (Å²) in [6, 6.07) is 0. The second kappa shape index (κ2) is 8.08. The molecule has 0 aromatic heterocycles. The van der Waals surface area contributed by atoms with Gasteiger partial charge in [-0.3, -0.25) is 4.79 Å². The predicted molar refractivity (Wildman–Crippen MR) is 49.1 cm³/mol. The molecule has 0 aliphatic heterocycles. The fourth-order valence-corrected chi connectivity index (χ4v) is 1.05. The first-order valence-electron chi connectivity index (χ1n) is 3.89. The summed E-state index contributed by atoms with van der Waals surface area (Å²) in [7, 11) is 0. The van der Waals surface area contributed by atoms with Crippen molar-refractivity contribution >= 4 is 17.5 Å². The quantitative estimate of drug-likeness (QED) is 0.553. The molecular weight excluding hydrogens is 160 g/mol. The first-order valence-corrected chi connectivity index (χ1v) is 5.29. The lowest BCUT2D eigenvalue weighted by molar-refractivity contribution is -0.123. The van der Waals surface area contributed by atoms with Crippen LogP contribution in [0.3, 0.4) is 0 Å². The van der Waals surface area contributed by atoms with Crippen LogP contribution in [0.2, 0.25) is 0 Å². The van der Waals surface area contributed by atoms with Crippen molar-refractivity contribution in [2.75, 3.05) is 25.2 Å². The molecule has 0 saturated carbocycles. The van der Waals surface area contributed by atoms with Crippen LogP contribution >= 0.6 is 11.8 Å². The van der Waals surface area contributed by atoms with E-state index in [1.165, 1.54) is 0 Å². The van der Waals surface area contributed by atoms with Gasteiger partial charge in [0.25, 0.3) is 0 Å². The highest BCUT2D eigenvalue weighted by atomic mass is 32.2. The van der Waals surface area contributed by atoms with Crippen molar-refractivity contribution in [3.8, 4) is 0 Å². The van der Waals surface area contributed by atoms with Crippen molar-refractivity contribution in [3.63, 3.8) is 0 Å². The topological polar surface area (TPSA) is 26.3 Å². The Morgan fingerprint density at radius 1 is 1.55 bits per heavy atom. The van der Waals surface area contributed by atoms with Crippen molar-refractivity contribution in [2.45, 2.75) is 19.8 Å². The third kappa shape index (κ3) is 7.88. The van der Waals surface area contributed by atoms with E-state index in [0.717, 1.165) is 12.2 Å². The molecule has 0 bridgehead atoms. The zero-order valence-corrected chi connectivity index (χ0v) is 8.08. The lowest BCUT2D eigenvalue weighted by atomic mass is 10.3. The van der Waals surface area contributed by atoms with E-state index in [0.29, 0.717) is 19.6 Å². The molecule has 66 valence electrons. The minimum absolute atomic E-state index is 0.216. The summed E-state index contributed by atoms with van der Waals surface area (Å²) in [6.45, 7) is 3.03. The number of Topliss-reactive ketones (excluding diaryl/α,β-unsaturated/α-hetero) is 1. The number of ketones is 1. The number of thioether (sulfide) groups is 1. The maximum atomic E-state index is 10.9. The van der Waals surface area contributed by atoms with E-state index in [4.69, 9.17) is 4.74 Å². The van der Waals surface area contributed by atoms with Crippen LogP contribution in [-0.2, 0) is 9.53 Å². The van der Waals surface area contributed by atoms with Crippen LogP contribution in [0.25, 0.3) is 0 Å². The molecule has 0 fully saturated rings. The molecule has 0 saturated heterocycles. The number of hydrogen-bond donors (Lipinski definition) is 0. The Morgan fingerprint density at radius 3 is 2.82 bits per heavy atom. The highest BCUT2D eigenvalue weighted by Crippen LogP contribution is 1.96.